The van der Waals surface area contributed by atoms with E-state index >= 15 is 0 Å². The van der Waals surface area contributed by atoms with Gasteiger partial charge in [0.1, 0.15) is 5.76 Å². The molecule has 68 valence electrons. The van der Waals surface area contributed by atoms with Crippen LogP contribution in [0.2, 0.25) is 0 Å². The minimum Gasteiger partial charge on any atom is -0.465 e. The maximum absolute atomic E-state index is 5.17. The zero-order valence-corrected chi connectivity index (χ0v) is 8.09. The van der Waals surface area contributed by atoms with E-state index in [1.807, 2.05) is 24.3 Å². The summed E-state index contributed by atoms with van der Waals surface area (Å²) in [6, 6.07) is 3.82. The third-order valence-corrected chi connectivity index (χ3v) is 2.81. The van der Waals surface area contributed by atoms with Crippen molar-refractivity contribution in [3.8, 4) is 0 Å². The lowest BCUT2D eigenvalue weighted by Crippen LogP contribution is -1.99. The van der Waals surface area contributed by atoms with Gasteiger partial charge in [0.25, 0.3) is 0 Å². The third kappa shape index (κ3) is 2.49. The largest absolute Gasteiger partial charge is 0.465 e. The molecule has 1 aliphatic rings. The van der Waals surface area contributed by atoms with Crippen molar-refractivity contribution < 1.29 is 4.42 Å². The molecule has 2 rings (SSSR count). The molecule has 0 N–H and O–H groups in total. The third-order valence-electron chi connectivity index (χ3n) is 1.75. The van der Waals surface area contributed by atoms with E-state index in [1.54, 1.807) is 18.0 Å². The molecule has 3 heteroatoms. The van der Waals surface area contributed by atoms with E-state index in [2.05, 4.69) is 4.99 Å². The molecule has 0 spiro atoms. The Morgan fingerprint density at radius 1 is 1.46 bits per heavy atom. The summed E-state index contributed by atoms with van der Waals surface area (Å²) in [5.74, 6) is 2.07. The van der Waals surface area contributed by atoms with Gasteiger partial charge in [0.05, 0.1) is 11.3 Å². The predicted molar refractivity (Wildman–Crippen MR) is 57.1 cm³/mol. The van der Waals surface area contributed by atoms with Crippen LogP contribution in [0.25, 0.3) is 6.08 Å². The summed E-state index contributed by atoms with van der Waals surface area (Å²) >= 11 is 1.81. The first kappa shape index (κ1) is 8.63. The molecular formula is C10H11NOS. The fourth-order valence-electron chi connectivity index (χ4n) is 1.12. The first-order valence-corrected chi connectivity index (χ1v) is 5.32. The van der Waals surface area contributed by atoms with E-state index in [4.69, 9.17) is 4.42 Å². The quantitative estimate of drug-likeness (QED) is 0.721. The van der Waals surface area contributed by atoms with E-state index in [0.717, 1.165) is 17.3 Å². The zero-order valence-electron chi connectivity index (χ0n) is 7.27. The Kier molecular flexibility index (Phi) is 2.87. The summed E-state index contributed by atoms with van der Waals surface area (Å²) in [4.78, 5) is 4.38. The average Bonchev–Trinajstić information content (AvgIpc) is 2.69. The maximum atomic E-state index is 5.17. The molecule has 1 aliphatic heterocycles. The summed E-state index contributed by atoms with van der Waals surface area (Å²) < 4.78 is 5.17. The SMILES string of the molecule is C(=Cc1ccco1)C1=NCCCS1. The van der Waals surface area contributed by atoms with Crippen LogP contribution in [0.15, 0.2) is 33.9 Å². The van der Waals surface area contributed by atoms with Crippen molar-refractivity contribution in [2.75, 3.05) is 12.3 Å². The minimum atomic E-state index is 0.883. The van der Waals surface area contributed by atoms with Gasteiger partial charge in [0.2, 0.25) is 0 Å². The molecule has 0 radical (unpaired) electrons. The highest BCUT2D eigenvalue weighted by Crippen LogP contribution is 2.14. The van der Waals surface area contributed by atoms with Gasteiger partial charge in [-0.3, -0.25) is 4.99 Å². The van der Waals surface area contributed by atoms with Crippen molar-refractivity contribution in [1.29, 1.82) is 0 Å². The molecule has 0 fully saturated rings. The van der Waals surface area contributed by atoms with Gasteiger partial charge in [-0.15, -0.1) is 11.8 Å². The molecule has 0 saturated carbocycles. The summed E-state index contributed by atoms with van der Waals surface area (Å²) in [6.07, 6.45) is 6.85. The summed E-state index contributed by atoms with van der Waals surface area (Å²) in [5, 5.41) is 1.11. The van der Waals surface area contributed by atoms with Crippen molar-refractivity contribution in [2.24, 2.45) is 4.99 Å². The Bertz CT molecular complexity index is 314. The van der Waals surface area contributed by atoms with Gasteiger partial charge in [0.15, 0.2) is 0 Å². The summed E-state index contributed by atoms with van der Waals surface area (Å²) in [5.41, 5.74) is 0. The molecule has 0 unspecified atom stereocenters. The van der Waals surface area contributed by atoms with Gasteiger partial charge in [-0.25, -0.2) is 0 Å². The zero-order chi connectivity index (χ0) is 8.93. The van der Waals surface area contributed by atoms with E-state index < -0.39 is 0 Å². The highest BCUT2D eigenvalue weighted by Gasteiger charge is 2.01. The van der Waals surface area contributed by atoms with Crippen LogP contribution in [0.4, 0.5) is 0 Å². The minimum absolute atomic E-state index is 0.883. The Morgan fingerprint density at radius 2 is 2.46 bits per heavy atom. The standard InChI is InChI=1S/C10H11NOS/c1-3-9(12-7-1)4-5-10-11-6-2-8-13-10/h1,3-5,7H,2,6,8H2. The predicted octanol–water partition coefficient (Wildman–Crippen LogP) is 2.83. The van der Waals surface area contributed by atoms with Crippen LogP contribution in [-0.4, -0.2) is 17.3 Å². The number of aliphatic imine (C=N–C) groups is 1. The van der Waals surface area contributed by atoms with Crippen LogP contribution < -0.4 is 0 Å². The second-order valence-corrected chi connectivity index (χ2v) is 3.89. The highest BCUT2D eigenvalue weighted by atomic mass is 32.2. The van der Waals surface area contributed by atoms with Crippen molar-refractivity contribution in [1.82, 2.24) is 0 Å². The Balaban J connectivity index is 2.00. The van der Waals surface area contributed by atoms with E-state index in [9.17, 15) is 0 Å². The van der Waals surface area contributed by atoms with Crippen LogP contribution in [0, 0.1) is 0 Å². The van der Waals surface area contributed by atoms with Gasteiger partial charge < -0.3 is 4.42 Å². The second kappa shape index (κ2) is 4.33. The van der Waals surface area contributed by atoms with Gasteiger partial charge in [-0.1, -0.05) is 0 Å². The molecule has 0 aromatic carbocycles. The van der Waals surface area contributed by atoms with Crippen LogP contribution in [0.3, 0.4) is 0 Å². The molecule has 2 heterocycles. The number of rotatable bonds is 2. The molecule has 0 aliphatic carbocycles. The second-order valence-electron chi connectivity index (χ2n) is 2.77. The molecule has 0 atom stereocenters. The summed E-state index contributed by atoms with van der Waals surface area (Å²) in [6.45, 7) is 0.963. The molecule has 0 amide bonds. The van der Waals surface area contributed by atoms with E-state index in [1.165, 1.54) is 12.2 Å². The first-order chi connectivity index (χ1) is 6.45. The lowest BCUT2D eigenvalue weighted by Gasteiger charge is -2.06. The van der Waals surface area contributed by atoms with Crippen LogP contribution in [0.5, 0.6) is 0 Å². The lowest BCUT2D eigenvalue weighted by molar-refractivity contribution is 0.557. The summed E-state index contributed by atoms with van der Waals surface area (Å²) in [7, 11) is 0. The van der Waals surface area contributed by atoms with Gasteiger partial charge in [0, 0.05) is 12.3 Å². The molecule has 0 bridgehead atoms. The monoisotopic (exact) mass is 193 g/mol. The van der Waals surface area contributed by atoms with Gasteiger partial charge in [-0.2, -0.15) is 0 Å². The van der Waals surface area contributed by atoms with Crippen LogP contribution >= 0.6 is 11.8 Å². The topological polar surface area (TPSA) is 25.5 Å². The van der Waals surface area contributed by atoms with Crippen molar-refractivity contribution in [3.63, 3.8) is 0 Å². The molecular weight excluding hydrogens is 182 g/mol. The van der Waals surface area contributed by atoms with Crippen LogP contribution in [-0.2, 0) is 0 Å². The fourth-order valence-corrected chi connectivity index (χ4v) is 1.95. The van der Waals surface area contributed by atoms with Crippen molar-refractivity contribution in [2.45, 2.75) is 6.42 Å². The smallest absolute Gasteiger partial charge is 0.126 e. The van der Waals surface area contributed by atoms with E-state index in [0.29, 0.717) is 0 Å². The molecule has 1 aromatic rings. The maximum Gasteiger partial charge on any atom is 0.126 e. The fraction of sp³-hybridized carbons (Fsp3) is 0.300. The van der Waals surface area contributed by atoms with E-state index in [-0.39, 0.29) is 0 Å². The number of hydrogen-bond donors (Lipinski definition) is 0. The highest BCUT2D eigenvalue weighted by molar-refractivity contribution is 8.14. The van der Waals surface area contributed by atoms with Crippen LogP contribution in [0.1, 0.15) is 12.2 Å². The molecule has 1 aromatic heterocycles. The normalized spacial score (nSPS) is 17.7. The Morgan fingerprint density at radius 3 is 3.15 bits per heavy atom. The average molecular weight is 193 g/mol. The number of nitrogens with zero attached hydrogens (tertiary/aromatic N) is 1. The number of thioether (sulfide) groups is 1. The molecule has 0 saturated heterocycles. The first-order valence-electron chi connectivity index (χ1n) is 4.34. The Hall–Kier alpha value is -0.960. The number of hydrogen-bond acceptors (Lipinski definition) is 3. The van der Waals surface area contributed by atoms with Gasteiger partial charge in [-0.05, 0) is 30.7 Å². The van der Waals surface area contributed by atoms with Crippen molar-refractivity contribution >= 4 is 22.9 Å². The Labute approximate surface area is 81.7 Å². The van der Waals surface area contributed by atoms with Gasteiger partial charge >= 0.3 is 0 Å². The molecule has 13 heavy (non-hydrogen) atoms. The number of furan rings is 1. The molecule has 2 nitrogen and oxygen atoms in total. The lowest BCUT2D eigenvalue weighted by atomic mass is 10.4. The van der Waals surface area contributed by atoms with Crippen molar-refractivity contribution in [3.05, 3.63) is 30.2 Å².